The van der Waals surface area contributed by atoms with Crippen LogP contribution in [0.1, 0.15) is 43.2 Å². The molecule has 1 aliphatic carbocycles. The van der Waals surface area contributed by atoms with Gasteiger partial charge in [-0.05, 0) is 42.9 Å². The second kappa shape index (κ2) is 9.96. The van der Waals surface area contributed by atoms with Crippen molar-refractivity contribution in [3.8, 4) is 5.75 Å². The Kier molecular flexibility index (Phi) is 7.64. The van der Waals surface area contributed by atoms with Gasteiger partial charge in [0.1, 0.15) is 5.75 Å². The molecule has 1 aromatic carbocycles. The van der Waals surface area contributed by atoms with Gasteiger partial charge in [-0.15, -0.1) is 24.0 Å². The topological polar surface area (TPSA) is 48.9 Å². The van der Waals surface area contributed by atoms with Crippen molar-refractivity contribution in [2.75, 3.05) is 33.3 Å². The number of fused-ring (bicyclic) bond motifs is 1. The lowest BCUT2D eigenvalue weighted by atomic mass is 10.1. The molecule has 6 heteroatoms. The zero-order valence-electron chi connectivity index (χ0n) is 16.4. The SMILES string of the molecule is CN=C(NCCc1ccc2c(c1)CCO2)NC1CCN(C2CCCC2)C1.I. The van der Waals surface area contributed by atoms with Gasteiger partial charge in [-0.25, -0.2) is 0 Å². The lowest BCUT2D eigenvalue weighted by molar-refractivity contribution is 0.242. The molecular formula is C21H33IN4O. The summed E-state index contributed by atoms with van der Waals surface area (Å²) >= 11 is 0. The summed E-state index contributed by atoms with van der Waals surface area (Å²) in [7, 11) is 1.87. The lowest BCUT2D eigenvalue weighted by Crippen LogP contribution is -2.45. The molecule has 4 rings (SSSR count). The fourth-order valence-electron chi connectivity index (χ4n) is 4.61. The van der Waals surface area contributed by atoms with Crippen molar-refractivity contribution < 1.29 is 4.74 Å². The summed E-state index contributed by atoms with van der Waals surface area (Å²) in [6, 6.07) is 7.94. The van der Waals surface area contributed by atoms with Crippen LogP contribution in [0.4, 0.5) is 0 Å². The number of halogens is 1. The highest BCUT2D eigenvalue weighted by atomic mass is 127. The summed E-state index contributed by atoms with van der Waals surface area (Å²) in [6.07, 6.45) is 8.89. The van der Waals surface area contributed by atoms with Gasteiger partial charge < -0.3 is 15.4 Å². The van der Waals surface area contributed by atoms with E-state index in [1.54, 1.807) is 0 Å². The molecule has 27 heavy (non-hydrogen) atoms. The Balaban J connectivity index is 0.00000210. The van der Waals surface area contributed by atoms with E-state index >= 15 is 0 Å². The second-order valence-corrected chi connectivity index (χ2v) is 7.85. The Labute approximate surface area is 180 Å². The van der Waals surface area contributed by atoms with Gasteiger partial charge in [-0.2, -0.15) is 0 Å². The quantitative estimate of drug-likeness (QED) is 0.384. The normalized spacial score (nSPS) is 23.0. The Morgan fingerprint density at radius 3 is 2.93 bits per heavy atom. The number of hydrogen-bond donors (Lipinski definition) is 2. The molecule has 1 atom stereocenters. The Morgan fingerprint density at radius 1 is 1.26 bits per heavy atom. The van der Waals surface area contributed by atoms with Crippen molar-refractivity contribution >= 4 is 29.9 Å². The molecule has 0 amide bonds. The molecular weight excluding hydrogens is 451 g/mol. The largest absolute Gasteiger partial charge is 0.493 e. The molecule has 0 aromatic heterocycles. The van der Waals surface area contributed by atoms with Gasteiger partial charge in [0.25, 0.3) is 0 Å². The van der Waals surface area contributed by atoms with E-state index in [0.717, 1.165) is 50.3 Å². The molecule has 1 saturated carbocycles. The fraction of sp³-hybridized carbons (Fsp3) is 0.667. The first-order chi connectivity index (χ1) is 12.8. The van der Waals surface area contributed by atoms with Gasteiger partial charge in [0.05, 0.1) is 6.61 Å². The van der Waals surface area contributed by atoms with Crippen LogP contribution < -0.4 is 15.4 Å². The zero-order chi connectivity index (χ0) is 17.8. The van der Waals surface area contributed by atoms with Gasteiger partial charge in [-0.1, -0.05) is 25.0 Å². The van der Waals surface area contributed by atoms with Gasteiger partial charge in [-0.3, -0.25) is 9.89 Å². The third-order valence-corrected chi connectivity index (χ3v) is 6.09. The maximum atomic E-state index is 5.58. The summed E-state index contributed by atoms with van der Waals surface area (Å²) in [4.78, 5) is 7.10. The van der Waals surface area contributed by atoms with Gasteiger partial charge in [0, 0.05) is 45.2 Å². The smallest absolute Gasteiger partial charge is 0.191 e. The number of benzene rings is 1. The Hall–Kier alpha value is -1.02. The second-order valence-electron chi connectivity index (χ2n) is 7.85. The minimum Gasteiger partial charge on any atom is -0.493 e. The average Bonchev–Trinajstić information content (AvgIpc) is 3.40. The van der Waals surface area contributed by atoms with Crippen LogP contribution in [0.2, 0.25) is 0 Å². The van der Waals surface area contributed by atoms with Crippen molar-refractivity contribution in [1.82, 2.24) is 15.5 Å². The van der Waals surface area contributed by atoms with E-state index in [2.05, 4.69) is 38.7 Å². The molecule has 1 aromatic rings. The predicted octanol–water partition coefficient (Wildman–Crippen LogP) is 2.96. The molecule has 0 bridgehead atoms. The summed E-state index contributed by atoms with van der Waals surface area (Å²) in [5.74, 6) is 2.00. The maximum absolute atomic E-state index is 5.58. The Bertz CT molecular complexity index is 645. The predicted molar refractivity (Wildman–Crippen MR) is 121 cm³/mol. The van der Waals surface area contributed by atoms with Crippen molar-refractivity contribution in [3.05, 3.63) is 29.3 Å². The number of nitrogens with zero attached hydrogens (tertiary/aromatic N) is 2. The van der Waals surface area contributed by atoms with Crippen LogP contribution in [-0.4, -0.2) is 56.2 Å². The number of rotatable bonds is 5. The van der Waals surface area contributed by atoms with Gasteiger partial charge >= 0.3 is 0 Å². The van der Waals surface area contributed by atoms with Crippen LogP contribution in [0.25, 0.3) is 0 Å². The molecule has 0 radical (unpaired) electrons. The van der Waals surface area contributed by atoms with Gasteiger partial charge in [0.15, 0.2) is 5.96 Å². The Morgan fingerprint density at radius 2 is 2.11 bits per heavy atom. The van der Waals surface area contributed by atoms with Crippen LogP contribution in [0.15, 0.2) is 23.2 Å². The van der Waals surface area contributed by atoms with E-state index < -0.39 is 0 Å². The standard InChI is InChI=1S/C21H32N4O.HI/c1-22-21(24-18-9-12-25(15-18)19-4-2-3-5-19)23-11-8-16-6-7-20-17(14-16)10-13-26-20;/h6-7,14,18-19H,2-5,8-13,15H2,1H3,(H2,22,23,24);1H. The number of hydrogen-bond acceptors (Lipinski definition) is 3. The van der Waals surface area contributed by atoms with E-state index in [4.69, 9.17) is 4.74 Å². The minimum absolute atomic E-state index is 0. The van der Waals surface area contributed by atoms with E-state index in [1.165, 1.54) is 49.8 Å². The molecule has 2 heterocycles. The number of nitrogens with one attached hydrogen (secondary N) is 2. The fourth-order valence-corrected chi connectivity index (χ4v) is 4.61. The maximum Gasteiger partial charge on any atom is 0.191 e. The molecule has 0 spiro atoms. The highest BCUT2D eigenvalue weighted by Gasteiger charge is 2.30. The molecule has 2 N–H and O–H groups in total. The van der Waals surface area contributed by atoms with E-state index in [9.17, 15) is 0 Å². The molecule has 1 unspecified atom stereocenters. The first-order valence-corrected chi connectivity index (χ1v) is 10.3. The monoisotopic (exact) mass is 484 g/mol. The van der Waals surface area contributed by atoms with Crippen LogP contribution in [0.3, 0.4) is 0 Å². The molecule has 1 saturated heterocycles. The first-order valence-electron chi connectivity index (χ1n) is 10.3. The summed E-state index contributed by atoms with van der Waals surface area (Å²) in [6.45, 7) is 4.12. The molecule has 150 valence electrons. The number of guanidine groups is 1. The highest BCUT2D eigenvalue weighted by Crippen LogP contribution is 2.27. The first kappa shape index (κ1) is 20.7. The van der Waals surface area contributed by atoms with Crippen molar-refractivity contribution in [2.24, 2.45) is 4.99 Å². The van der Waals surface area contributed by atoms with Gasteiger partial charge in [0.2, 0.25) is 0 Å². The van der Waals surface area contributed by atoms with E-state index in [-0.39, 0.29) is 24.0 Å². The third kappa shape index (κ3) is 5.28. The van der Waals surface area contributed by atoms with E-state index in [0.29, 0.717) is 6.04 Å². The van der Waals surface area contributed by atoms with Crippen LogP contribution in [0.5, 0.6) is 5.75 Å². The average molecular weight is 484 g/mol. The number of likely N-dealkylation sites (tertiary alicyclic amines) is 1. The number of ether oxygens (including phenoxy) is 1. The van der Waals surface area contributed by atoms with Crippen molar-refractivity contribution in [2.45, 2.75) is 57.0 Å². The molecule has 5 nitrogen and oxygen atoms in total. The van der Waals surface area contributed by atoms with Crippen LogP contribution >= 0.6 is 24.0 Å². The molecule has 3 aliphatic rings. The summed E-state index contributed by atoms with van der Waals surface area (Å²) < 4.78 is 5.58. The zero-order valence-corrected chi connectivity index (χ0v) is 18.7. The minimum atomic E-state index is 0. The summed E-state index contributed by atoms with van der Waals surface area (Å²) in [5, 5.41) is 7.11. The third-order valence-electron chi connectivity index (χ3n) is 6.09. The number of aliphatic imine (C=N–C) groups is 1. The lowest BCUT2D eigenvalue weighted by Gasteiger charge is -2.24. The molecule has 2 aliphatic heterocycles. The van der Waals surface area contributed by atoms with Crippen LogP contribution in [0, 0.1) is 0 Å². The van der Waals surface area contributed by atoms with Crippen molar-refractivity contribution in [1.29, 1.82) is 0 Å². The summed E-state index contributed by atoms with van der Waals surface area (Å²) in [5.41, 5.74) is 2.72. The van der Waals surface area contributed by atoms with Crippen LogP contribution in [-0.2, 0) is 12.8 Å². The van der Waals surface area contributed by atoms with Crippen molar-refractivity contribution in [3.63, 3.8) is 0 Å². The van der Waals surface area contributed by atoms with E-state index in [1.807, 2.05) is 7.05 Å². The molecule has 2 fully saturated rings. The highest BCUT2D eigenvalue weighted by molar-refractivity contribution is 14.0.